The summed E-state index contributed by atoms with van der Waals surface area (Å²) < 4.78 is 67.9. The van der Waals surface area contributed by atoms with E-state index in [0.717, 1.165) is 0 Å². The number of nitrogens with zero attached hydrogens (tertiary/aromatic N) is 1. The average molecular weight is 595 g/mol. The molecule has 13 heteroatoms. The highest BCUT2D eigenvalue weighted by Crippen LogP contribution is 2.49. The number of carbonyl (C=O) groups is 1. The van der Waals surface area contributed by atoms with Crippen LogP contribution in [0.5, 0.6) is 11.5 Å². The number of benzene rings is 3. The number of hydrogen-bond acceptors (Lipinski definition) is 8. The summed E-state index contributed by atoms with van der Waals surface area (Å²) in [7, 11) is -4.74. The monoisotopic (exact) mass is 594 g/mol. The van der Waals surface area contributed by atoms with Gasteiger partial charge in [-0.25, -0.2) is 17.2 Å². The number of carbonyl (C=O) groups excluding carboxylic acids is 1. The SMILES string of the molecule is O=C1[C@H](CC[C@H](O)c2ccc(F)cc2)[C@@H](c2ccc(OCCCCOS(=O)(=O)[O-])cc2O)N1c1ccc(F)cc1.[NH4+]. The van der Waals surface area contributed by atoms with E-state index in [0.29, 0.717) is 29.0 Å². The van der Waals surface area contributed by atoms with Crippen molar-refractivity contribution in [2.24, 2.45) is 5.92 Å². The first-order valence-electron chi connectivity index (χ1n) is 12.6. The third-order valence-corrected chi connectivity index (χ3v) is 7.14. The van der Waals surface area contributed by atoms with E-state index in [1.54, 1.807) is 12.1 Å². The zero-order chi connectivity index (χ0) is 28.9. The number of unbranched alkanes of at least 4 members (excludes halogenated alkanes) is 1. The fourth-order valence-electron chi connectivity index (χ4n) is 4.68. The van der Waals surface area contributed by atoms with Crippen LogP contribution in [0.25, 0.3) is 0 Å². The number of phenols is 1. The Kier molecular flexibility index (Phi) is 10.8. The predicted molar refractivity (Wildman–Crippen MR) is 145 cm³/mol. The minimum absolute atomic E-state index is 0. The molecule has 0 saturated carbocycles. The first kappa shape index (κ1) is 31.9. The van der Waals surface area contributed by atoms with Crippen LogP contribution in [0.1, 0.15) is 49.0 Å². The van der Waals surface area contributed by atoms with Gasteiger partial charge in [0.2, 0.25) is 16.3 Å². The van der Waals surface area contributed by atoms with Crippen LogP contribution in [0.15, 0.2) is 66.7 Å². The van der Waals surface area contributed by atoms with E-state index in [9.17, 15) is 36.8 Å². The maximum atomic E-state index is 13.5. The largest absolute Gasteiger partial charge is 0.726 e. The number of aliphatic hydroxyl groups excluding tert-OH is 1. The molecule has 0 aromatic heterocycles. The van der Waals surface area contributed by atoms with Crippen molar-refractivity contribution in [2.75, 3.05) is 18.1 Å². The normalized spacial score (nSPS) is 17.5. The molecular weight excluding hydrogens is 562 g/mol. The molecule has 1 saturated heterocycles. The number of β-lactam (4-membered cyclic amide) rings is 1. The molecular formula is C28H32F2N2O8S. The number of phenolic OH excluding ortho intramolecular Hbond substituents is 1. The molecule has 6 N–H and O–H groups in total. The number of aromatic hydroxyl groups is 1. The highest BCUT2D eigenvalue weighted by molar-refractivity contribution is 7.80. The molecule has 41 heavy (non-hydrogen) atoms. The van der Waals surface area contributed by atoms with Crippen molar-refractivity contribution in [1.82, 2.24) is 6.15 Å². The molecule has 0 unspecified atom stereocenters. The van der Waals surface area contributed by atoms with E-state index in [1.807, 2.05) is 0 Å². The van der Waals surface area contributed by atoms with Crippen LogP contribution in [-0.4, -0.2) is 42.3 Å². The van der Waals surface area contributed by atoms with Gasteiger partial charge in [-0.05, 0) is 79.8 Å². The van der Waals surface area contributed by atoms with E-state index in [4.69, 9.17) is 4.74 Å². The van der Waals surface area contributed by atoms with Crippen molar-refractivity contribution in [1.29, 1.82) is 0 Å². The van der Waals surface area contributed by atoms with Gasteiger partial charge in [0.05, 0.1) is 31.3 Å². The van der Waals surface area contributed by atoms with Crippen LogP contribution in [0.3, 0.4) is 0 Å². The van der Waals surface area contributed by atoms with Crippen LogP contribution >= 0.6 is 0 Å². The van der Waals surface area contributed by atoms with Gasteiger partial charge >= 0.3 is 0 Å². The molecule has 3 aromatic carbocycles. The fraction of sp³-hybridized carbons (Fsp3) is 0.321. The number of ether oxygens (including phenoxy) is 1. The summed E-state index contributed by atoms with van der Waals surface area (Å²) in [6.45, 7) is -0.0832. The van der Waals surface area contributed by atoms with Crippen molar-refractivity contribution in [3.63, 3.8) is 0 Å². The third-order valence-electron chi connectivity index (χ3n) is 6.68. The Morgan fingerprint density at radius 1 is 0.951 bits per heavy atom. The van der Waals surface area contributed by atoms with Gasteiger partial charge < -0.3 is 30.6 Å². The molecule has 1 fully saturated rings. The Bertz CT molecular complexity index is 1420. The average Bonchev–Trinajstić information content (AvgIpc) is 2.90. The predicted octanol–water partition coefficient (Wildman–Crippen LogP) is 4.90. The lowest BCUT2D eigenvalue weighted by atomic mass is 9.78. The first-order valence-corrected chi connectivity index (χ1v) is 13.9. The van der Waals surface area contributed by atoms with Gasteiger partial charge in [0.15, 0.2) is 0 Å². The number of anilines is 1. The maximum absolute atomic E-state index is 13.5. The summed E-state index contributed by atoms with van der Waals surface area (Å²) in [5.74, 6) is -1.52. The van der Waals surface area contributed by atoms with Crippen molar-refractivity contribution in [3.8, 4) is 11.5 Å². The molecule has 3 aromatic rings. The molecule has 1 aliphatic heterocycles. The molecule has 3 atom stereocenters. The lowest BCUT2D eigenvalue weighted by molar-refractivity contribution is -0.131. The number of amides is 1. The number of rotatable bonds is 13. The zero-order valence-corrected chi connectivity index (χ0v) is 23.1. The van der Waals surface area contributed by atoms with Crippen molar-refractivity contribution < 1.29 is 45.7 Å². The van der Waals surface area contributed by atoms with E-state index < -0.39 is 40.1 Å². The summed E-state index contributed by atoms with van der Waals surface area (Å²) in [5.41, 5.74) is 1.41. The Hall–Kier alpha value is -3.62. The van der Waals surface area contributed by atoms with Gasteiger partial charge in [0, 0.05) is 17.3 Å². The minimum atomic E-state index is -4.74. The Morgan fingerprint density at radius 3 is 2.17 bits per heavy atom. The quantitative estimate of drug-likeness (QED) is 0.108. The van der Waals surface area contributed by atoms with Crippen molar-refractivity contribution in [2.45, 2.75) is 37.8 Å². The Balaban J connectivity index is 0.00000462. The lowest BCUT2D eigenvalue weighted by Gasteiger charge is -2.48. The summed E-state index contributed by atoms with van der Waals surface area (Å²) >= 11 is 0. The third kappa shape index (κ3) is 8.21. The van der Waals surface area contributed by atoms with E-state index in [1.165, 1.54) is 59.5 Å². The molecule has 1 heterocycles. The highest BCUT2D eigenvalue weighted by atomic mass is 32.3. The topological polar surface area (TPSA) is 173 Å². The summed E-state index contributed by atoms with van der Waals surface area (Å²) in [5, 5.41) is 21.5. The van der Waals surface area contributed by atoms with Crippen LogP contribution in [-0.2, 0) is 19.4 Å². The zero-order valence-electron chi connectivity index (χ0n) is 22.3. The number of aliphatic hydroxyl groups is 1. The summed E-state index contributed by atoms with van der Waals surface area (Å²) in [6.07, 6.45) is 0.241. The number of quaternary nitrogens is 1. The smallest absolute Gasteiger partial charge is 0.233 e. The van der Waals surface area contributed by atoms with Gasteiger partial charge in [0.1, 0.15) is 23.1 Å². The minimum Gasteiger partial charge on any atom is -0.726 e. The van der Waals surface area contributed by atoms with Gasteiger partial charge in [-0.1, -0.05) is 12.1 Å². The van der Waals surface area contributed by atoms with Gasteiger partial charge in [-0.3, -0.25) is 8.98 Å². The molecule has 222 valence electrons. The lowest BCUT2D eigenvalue weighted by Crippen LogP contribution is -2.55. The molecule has 4 rings (SSSR count). The Morgan fingerprint density at radius 2 is 1.56 bits per heavy atom. The van der Waals surface area contributed by atoms with E-state index in [2.05, 4.69) is 4.18 Å². The Labute approximate surface area is 236 Å². The van der Waals surface area contributed by atoms with Crippen LogP contribution < -0.4 is 15.8 Å². The summed E-state index contributed by atoms with van der Waals surface area (Å²) in [4.78, 5) is 14.7. The molecule has 0 radical (unpaired) electrons. The molecule has 0 spiro atoms. The second kappa shape index (κ2) is 13.8. The molecule has 0 bridgehead atoms. The first-order chi connectivity index (χ1) is 19.0. The van der Waals surface area contributed by atoms with Gasteiger partial charge in [-0.15, -0.1) is 0 Å². The second-order valence-corrected chi connectivity index (χ2v) is 10.4. The van der Waals surface area contributed by atoms with E-state index in [-0.39, 0.29) is 50.3 Å². The van der Waals surface area contributed by atoms with Gasteiger partial charge in [0.25, 0.3) is 0 Å². The van der Waals surface area contributed by atoms with Crippen LogP contribution in [0.4, 0.5) is 14.5 Å². The molecule has 1 amide bonds. The maximum Gasteiger partial charge on any atom is 0.233 e. The highest BCUT2D eigenvalue weighted by Gasteiger charge is 2.49. The number of halogens is 2. The standard InChI is InChI=1S/C28H29F2NO8S.H3N/c29-19-5-3-18(4-6-19)25(32)14-13-24-27(31(28(24)34)21-9-7-20(30)8-10-21)23-12-11-22(17-26(23)33)38-15-1-2-16-39-40(35,36)37;/h3-12,17,24-25,27,32-33H,1-2,13-16H2,(H,35,36,37);1H3/t24-,25+,27-;/m1./s1. The molecule has 1 aliphatic rings. The van der Waals surface area contributed by atoms with Crippen LogP contribution in [0.2, 0.25) is 0 Å². The van der Waals surface area contributed by atoms with Crippen LogP contribution in [0, 0.1) is 17.6 Å². The fourth-order valence-corrected chi connectivity index (χ4v) is 5.00. The number of hydrogen-bond donors (Lipinski definition) is 3. The summed E-state index contributed by atoms with van der Waals surface area (Å²) in [6, 6.07) is 14.9. The van der Waals surface area contributed by atoms with Gasteiger partial charge in [-0.2, -0.15) is 0 Å². The van der Waals surface area contributed by atoms with Crippen molar-refractivity contribution in [3.05, 3.63) is 89.5 Å². The molecule has 10 nitrogen and oxygen atoms in total. The van der Waals surface area contributed by atoms with Crippen molar-refractivity contribution >= 4 is 22.0 Å². The second-order valence-electron chi connectivity index (χ2n) is 9.39. The van der Waals surface area contributed by atoms with E-state index >= 15 is 0 Å². The molecule has 0 aliphatic carbocycles.